The number of rotatable bonds is 5. The Kier molecular flexibility index (Phi) is 5.86. The molecule has 2 fully saturated rings. The average Bonchev–Trinajstić information content (AvgIpc) is 3.13. The molecule has 29 heavy (non-hydrogen) atoms. The molecule has 0 spiro atoms. The maximum atomic E-state index is 12.8. The summed E-state index contributed by atoms with van der Waals surface area (Å²) in [6, 6.07) is 5.46. The zero-order valence-electron chi connectivity index (χ0n) is 17.0. The molecule has 10 heteroatoms. The van der Waals surface area contributed by atoms with Crippen LogP contribution in [0.1, 0.15) is 11.5 Å². The first-order valence-corrected chi connectivity index (χ1v) is 11.4. The minimum absolute atomic E-state index is 0.269. The van der Waals surface area contributed by atoms with E-state index in [-0.39, 0.29) is 4.90 Å². The maximum absolute atomic E-state index is 12.8. The van der Waals surface area contributed by atoms with Gasteiger partial charge in [0.25, 0.3) is 0 Å². The number of aryl methyl sites for hydroxylation is 1. The molecule has 2 aliphatic rings. The summed E-state index contributed by atoms with van der Waals surface area (Å²) >= 11 is 0. The average molecular weight is 421 g/mol. The second-order valence-corrected chi connectivity index (χ2v) is 9.70. The first-order chi connectivity index (χ1) is 13.9. The molecular weight excluding hydrogens is 392 g/mol. The third-order valence-electron chi connectivity index (χ3n) is 5.57. The zero-order valence-corrected chi connectivity index (χ0v) is 17.8. The van der Waals surface area contributed by atoms with Crippen molar-refractivity contribution in [1.29, 1.82) is 0 Å². The first-order valence-electron chi connectivity index (χ1n) is 9.96. The van der Waals surface area contributed by atoms with Crippen LogP contribution < -0.4 is 4.90 Å². The Bertz CT molecular complexity index is 914. The zero-order chi connectivity index (χ0) is 20.4. The molecule has 2 aromatic rings. The standard InChI is InChI=1S/C19H28N6O3S/c1-16-13-17(28-21-16)15-23-7-9-24(10-8-23)19-4-3-18(14-20-19)29(26,27)25-11-5-22(2)6-12-25/h3-4,13-14H,5-12,15H2,1-2H3. The van der Waals surface area contributed by atoms with Crippen molar-refractivity contribution in [3.63, 3.8) is 0 Å². The van der Waals surface area contributed by atoms with E-state index < -0.39 is 10.0 Å². The summed E-state index contributed by atoms with van der Waals surface area (Å²) in [5.74, 6) is 1.70. The highest BCUT2D eigenvalue weighted by atomic mass is 32.2. The molecule has 0 bridgehead atoms. The molecule has 0 amide bonds. The van der Waals surface area contributed by atoms with Gasteiger partial charge in [0.2, 0.25) is 10.0 Å². The molecule has 158 valence electrons. The molecule has 2 aromatic heterocycles. The number of sulfonamides is 1. The third-order valence-corrected chi connectivity index (χ3v) is 7.46. The molecule has 2 aliphatic heterocycles. The number of likely N-dealkylation sites (N-methyl/N-ethyl adjacent to an activating group) is 1. The normalized spacial score (nSPS) is 20.3. The van der Waals surface area contributed by atoms with Crippen molar-refractivity contribution in [2.24, 2.45) is 0 Å². The molecule has 2 saturated heterocycles. The van der Waals surface area contributed by atoms with Crippen molar-refractivity contribution in [3.05, 3.63) is 35.9 Å². The van der Waals surface area contributed by atoms with Crippen molar-refractivity contribution < 1.29 is 12.9 Å². The molecule has 0 atom stereocenters. The first kappa shape index (κ1) is 20.3. The van der Waals surface area contributed by atoms with E-state index in [2.05, 4.69) is 24.8 Å². The Morgan fingerprint density at radius 3 is 2.34 bits per heavy atom. The van der Waals surface area contributed by atoms with Gasteiger partial charge >= 0.3 is 0 Å². The lowest BCUT2D eigenvalue weighted by atomic mass is 10.3. The summed E-state index contributed by atoms with van der Waals surface area (Å²) in [7, 11) is -1.47. The Labute approximate surface area is 171 Å². The number of nitrogens with zero attached hydrogens (tertiary/aromatic N) is 6. The number of anilines is 1. The molecule has 4 rings (SSSR count). The molecule has 0 aliphatic carbocycles. The van der Waals surface area contributed by atoms with Gasteiger partial charge in [-0.2, -0.15) is 4.31 Å². The van der Waals surface area contributed by atoms with E-state index in [1.54, 1.807) is 10.4 Å². The molecule has 0 radical (unpaired) electrons. The number of aromatic nitrogens is 2. The molecule has 0 unspecified atom stereocenters. The maximum Gasteiger partial charge on any atom is 0.244 e. The van der Waals surface area contributed by atoms with Gasteiger partial charge in [-0.1, -0.05) is 5.16 Å². The monoisotopic (exact) mass is 420 g/mol. The smallest absolute Gasteiger partial charge is 0.244 e. The fraction of sp³-hybridized carbons (Fsp3) is 0.579. The Hall–Kier alpha value is -2.01. The molecule has 0 saturated carbocycles. The van der Waals surface area contributed by atoms with Crippen LogP contribution in [0.2, 0.25) is 0 Å². The van der Waals surface area contributed by atoms with Crippen molar-refractivity contribution in [2.45, 2.75) is 18.4 Å². The molecular formula is C19H28N6O3S. The van der Waals surface area contributed by atoms with Crippen molar-refractivity contribution in [3.8, 4) is 0 Å². The van der Waals surface area contributed by atoms with Gasteiger partial charge < -0.3 is 14.3 Å². The van der Waals surface area contributed by atoms with Crippen LogP contribution in [-0.2, 0) is 16.6 Å². The van der Waals surface area contributed by atoms with E-state index in [1.165, 1.54) is 6.20 Å². The van der Waals surface area contributed by atoms with Crippen LogP contribution in [0.25, 0.3) is 0 Å². The predicted octanol–water partition coefficient (Wildman–Crippen LogP) is 0.636. The summed E-state index contributed by atoms with van der Waals surface area (Å²) in [5, 5.41) is 3.93. The number of hydrogen-bond acceptors (Lipinski definition) is 8. The quantitative estimate of drug-likeness (QED) is 0.697. The van der Waals surface area contributed by atoms with E-state index in [4.69, 9.17) is 4.52 Å². The van der Waals surface area contributed by atoms with Crippen LogP contribution in [0.5, 0.6) is 0 Å². The van der Waals surface area contributed by atoms with Gasteiger partial charge in [0, 0.05) is 64.6 Å². The Morgan fingerprint density at radius 1 is 1.03 bits per heavy atom. The number of hydrogen-bond donors (Lipinski definition) is 0. The van der Waals surface area contributed by atoms with Crippen LogP contribution in [0.3, 0.4) is 0 Å². The van der Waals surface area contributed by atoms with Gasteiger partial charge in [0.05, 0.1) is 12.2 Å². The number of pyridine rings is 1. The molecule has 0 aromatic carbocycles. The van der Waals surface area contributed by atoms with Crippen LogP contribution >= 0.6 is 0 Å². The van der Waals surface area contributed by atoms with Gasteiger partial charge in [-0.25, -0.2) is 13.4 Å². The van der Waals surface area contributed by atoms with Crippen LogP contribution in [0, 0.1) is 6.92 Å². The SMILES string of the molecule is Cc1cc(CN2CCN(c3ccc(S(=O)(=O)N4CCN(C)CC4)cn3)CC2)on1. The fourth-order valence-corrected chi connectivity index (χ4v) is 5.10. The van der Waals surface area contributed by atoms with Gasteiger partial charge in [-0.3, -0.25) is 4.90 Å². The minimum atomic E-state index is -3.47. The Morgan fingerprint density at radius 2 is 1.76 bits per heavy atom. The third kappa shape index (κ3) is 4.61. The van der Waals surface area contributed by atoms with Crippen LogP contribution in [-0.4, -0.2) is 92.1 Å². The van der Waals surface area contributed by atoms with E-state index in [1.807, 2.05) is 26.1 Å². The Balaban J connectivity index is 1.35. The largest absolute Gasteiger partial charge is 0.360 e. The lowest BCUT2D eigenvalue weighted by Crippen LogP contribution is -2.47. The molecule has 0 N–H and O–H groups in total. The van der Waals surface area contributed by atoms with Crippen LogP contribution in [0.4, 0.5) is 5.82 Å². The lowest BCUT2D eigenvalue weighted by molar-refractivity contribution is 0.219. The summed E-state index contributed by atoms with van der Waals surface area (Å²) in [6.45, 7) is 8.68. The number of piperazine rings is 2. The van der Waals surface area contributed by atoms with E-state index in [9.17, 15) is 8.42 Å². The van der Waals surface area contributed by atoms with Crippen molar-refractivity contribution in [1.82, 2.24) is 24.2 Å². The van der Waals surface area contributed by atoms with Gasteiger partial charge in [-0.05, 0) is 26.1 Å². The molecule has 9 nitrogen and oxygen atoms in total. The van der Waals surface area contributed by atoms with Crippen molar-refractivity contribution >= 4 is 15.8 Å². The highest BCUT2D eigenvalue weighted by molar-refractivity contribution is 7.89. The summed E-state index contributed by atoms with van der Waals surface area (Å²) in [6.07, 6.45) is 1.49. The summed E-state index contributed by atoms with van der Waals surface area (Å²) < 4.78 is 32.5. The van der Waals surface area contributed by atoms with Gasteiger partial charge in [0.1, 0.15) is 10.7 Å². The highest BCUT2D eigenvalue weighted by Crippen LogP contribution is 2.20. The molecule has 4 heterocycles. The lowest BCUT2D eigenvalue weighted by Gasteiger charge is -2.35. The van der Waals surface area contributed by atoms with Crippen LogP contribution in [0.15, 0.2) is 33.8 Å². The van der Waals surface area contributed by atoms with E-state index >= 15 is 0 Å². The fourth-order valence-electron chi connectivity index (χ4n) is 3.74. The van der Waals surface area contributed by atoms with E-state index in [0.717, 1.165) is 63.1 Å². The van der Waals surface area contributed by atoms with Gasteiger partial charge in [-0.15, -0.1) is 0 Å². The highest BCUT2D eigenvalue weighted by Gasteiger charge is 2.28. The van der Waals surface area contributed by atoms with Gasteiger partial charge in [0.15, 0.2) is 5.76 Å². The summed E-state index contributed by atoms with van der Waals surface area (Å²) in [4.78, 5) is 11.4. The topological polar surface area (TPSA) is 86.0 Å². The predicted molar refractivity (Wildman–Crippen MR) is 109 cm³/mol. The minimum Gasteiger partial charge on any atom is -0.360 e. The second kappa shape index (κ2) is 8.39. The summed E-state index contributed by atoms with van der Waals surface area (Å²) in [5.41, 5.74) is 0.898. The second-order valence-electron chi connectivity index (χ2n) is 7.76. The van der Waals surface area contributed by atoms with E-state index in [0.29, 0.717) is 13.1 Å². The van der Waals surface area contributed by atoms with Crippen molar-refractivity contribution in [2.75, 3.05) is 64.3 Å².